The van der Waals surface area contributed by atoms with E-state index in [-0.39, 0.29) is 23.5 Å². The van der Waals surface area contributed by atoms with E-state index in [9.17, 15) is 14.0 Å². The topological polar surface area (TPSA) is 81.2 Å². The van der Waals surface area contributed by atoms with Gasteiger partial charge in [-0.25, -0.2) is 9.07 Å². The molecular formula is C19H20ClFN4O2. The molecule has 0 aliphatic carbocycles. The van der Waals surface area contributed by atoms with Gasteiger partial charge in [0, 0.05) is 24.7 Å². The second-order valence-electron chi connectivity index (χ2n) is 6.54. The molecule has 0 radical (unpaired) electrons. The minimum absolute atomic E-state index is 0.203. The van der Waals surface area contributed by atoms with Gasteiger partial charge < -0.3 is 10.6 Å². The molecule has 0 spiro atoms. The Morgan fingerprint density at radius 1 is 1.33 bits per heavy atom. The first-order chi connectivity index (χ1) is 12.9. The van der Waals surface area contributed by atoms with E-state index in [1.165, 1.54) is 22.9 Å². The smallest absolute Gasteiger partial charge is 0.246 e. The fraction of sp³-hybridized carbons (Fsp3) is 0.316. The molecule has 1 aromatic heterocycles. The summed E-state index contributed by atoms with van der Waals surface area (Å²) >= 11 is 6.41. The first-order valence-corrected chi connectivity index (χ1v) is 9.02. The van der Waals surface area contributed by atoms with Crippen LogP contribution < -0.4 is 5.73 Å². The monoisotopic (exact) mass is 390 g/mol. The van der Waals surface area contributed by atoms with Gasteiger partial charge in [0.25, 0.3) is 0 Å². The van der Waals surface area contributed by atoms with Crippen molar-refractivity contribution in [3.05, 3.63) is 52.6 Å². The number of benzene rings is 1. The highest BCUT2D eigenvalue weighted by atomic mass is 35.5. The fourth-order valence-electron chi connectivity index (χ4n) is 3.12. The van der Waals surface area contributed by atoms with Crippen LogP contribution in [0.25, 0.3) is 11.8 Å². The average molecular weight is 391 g/mol. The zero-order chi connectivity index (χ0) is 19.6. The quantitative estimate of drug-likeness (QED) is 0.815. The molecule has 1 atom stereocenters. The Morgan fingerprint density at radius 2 is 2.04 bits per heavy atom. The number of nitrogens with two attached hydrogens (primary N) is 1. The van der Waals surface area contributed by atoms with Gasteiger partial charge in [-0.05, 0) is 50.1 Å². The summed E-state index contributed by atoms with van der Waals surface area (Å²) in [5.74, 6) is -1.23. The Morgan fingerprint density at radius 3 is 2.70 bits per heavy atom. The number of amides is 2. The number of nitrogens with zero attached hydrogens (tertiary/aromatic N) is 3. The normalized spacial score (nSPS) is 17.4. The van der Waals surface area contributed by atoms with Crippen LogP contribution >= 0.6 is 11.6 Å². The molecule has 1 aromatic carbocycles. The lowest BCUT2D eigenvalue weighted by Gasteiger charge is -2.30. The Kier molecular flexibility index (Phi) is 5.60. The highest BCUT2D eigenvalue weighted by molar-refractivity contribution is 6.31. The number of aryl methyl sites for hydroxylation is 1. The summed E-state index contributed by atoms with van der Waals surface area (Å²) in [4.78, 5) is 25.4. The van der Waals surface area contributed by atoms with Crippen molar-refractivity contribution in [1.82, 2.24) is 14.7 Å². The number of aromatic nitrogens is 2. The van der Waals surface area contributed by atoms with Gasteiger partial charge in [0.2, 0.25) is 11.8 Å². The van der Waals surface area contributed by atoms with E-state index in [0.29, 0.717) is 41.6 Å². The fourth-order valence-corrected chi connectivity index (χ4v) is 3.46. The molecule has 2 amide bonds. The number of carbonyl (C=O) groups excluding carboxylic acids is 2. The number of hydrogen-bond acceptors (Lipinski definition) is 3. The molecule has 2 N–H and O–H groups in total. The third kappa shape index (κ3) is 4.19. The lowest BCUT2D eigenvalue weighted by Crippen LogP contribution is -2.43. The zero-order valence-corrected chi connectivity index (χ0v) is 15.6. The summed E-state index contributed by atoms with van der Waals surface area (Å²) in [7, 11) is 0. The minimum atomic E-state index is -0.379. The van der Waals surface area contributed by atoms with Crippen molar-refractivity contribution in [3.8, 4) is 5.69 Å². The molecule has 1 saturated heterocycles. The summed E-state index contributed by atoms with van der Waals surface area (Å²) in [6.45, 7) is 2.70. The first-order valence-electron chi connectivity index (χ1n) is 8.64. The number of piperidine rings is 1. The SMILES string of the molecule is Cc1nn(-c2ccc(F)cc2)c(Cl)c1/C=C/C(=O)N1CCCC(C(N)=O)C1. The molecular weight excluding hydrogens is 371 g/mol. The van der Waals surface area contributed by atoms with Crippen LogP contribution in [0, 0.1) is 18.7 Å². The van der Waals surface area contributed by atoms with Gasteiger partial charge >= 0.3 is 0 Å². The molecule has 1 aliphatic rings. The van der Waals surface area contributed by atoms with Gasteiger partial charge in [0.1, 0.15) is 11.0 Å². The molecule has 1 unspecified atom stereocenters. The van der Waals surface area contributed by atoms with E-state index in [0.717, 1.165) is 6.42 Å². The Bertz CT molecular complexity index is 892. The number of hydrogen-bond donors (Lipinski definition) is 1. The van der Waals surface area contributed by atoms with E-state index in [4.69, 9.17) is 17.3 Å². The Labute approximate surface area is 161 Å². The Hall–Kier alpha value is -2.67. The summed E-state index contributed by atoms with van der Waals surface area (Å²) < 4.78 is 14.6. The van der Waals surface area contributed by atoms with Crippen LogP contribution in [0.3, 0.4) is 0 Å². The minimum Gasteiger partial charge on any atom is -0.369 e. The first kappa shape index (κ1) is 19.1. The van der Waals surface area contributed by atoms with Crippen molar-refractivity contribution in [3.63, 3.8) is 0 Å². The largest absolute Gasteiger partial charge is 0.369 e. The Balaban J connectivity index is 1.78. The number of halogens is 2. The number of rotatable bonds is 4. The van der Waals surface area contributed by atoms with Crippen LogP contribution in [0.1, 0.15) is 24.1 Å². The third-order valence-corrected chi connectivity index (χ3v) is 5.01. The van der Waals surface area contributed by atoms with E-state index in [1.54, 1.807) is 30.0 Å². The van der Waals surface area contributed by atoms with Gasteiger partial charge in [-0.1, -0.05) is 11.6 Å². The zero-order valence-electron chi connectivity index (χ0n) is 14.9. The highest BCUT2D eigenvalue weighted by Gasteiger charge is 2.26. The highest BCUT2D eigenvalue weighted by Crippen LogP contribution is 2.25. The van der Waals surface area contributed by atoms with Crippen LogP contribution in [0.2, 0.25) is 5.15 Å². The van der Waals surface area contributed by atoms with Gasteiger partial charge in [-0.2, -0.15) is 5.10 Å². The summed E-state index contributed by atoms with van der Waals surface area (Å²) in [6.07, 6.45) is 4.49. The molecule has 0 bridgehead atoms. The molecule has 8 heteroatoms. The molecule has 3 rings (SSSR count). The van der Waals surface area contributed by atoms with E-state index in [2.05, 4.69) is 5.10 Å². The lowest BCUT2D eigenvalue weighted by atomic mass is 9.97. The third-order valence-electron chi connectivity index (χ3n) is 4.65. The predicted octanol–water partition coefficient (Wildman–Crippen LogP) is 2.71. The summed E-state index contributed by atoms with van der Waals surface area (Å²) in [6, 6.07) is 5.80. The molecule has 27 heavy (non-hydrogen) atoms. The maximum atomic E-state index is 13.1. The van der Waals surface area contributed by atoms with Crippen molar-refractivity contribution < 1.29 is 14.0 Å². The van der Waals surface area contributed by atoms with Gasteiger partial charge in [-0.3, -0.25) is 9.59 Å². The average Bonchev–Trinajstić information content (AvgIpc) is 2.94. The maximum absolute atomic E-state index is 13.1. The molecule has 2 heterocycles. The van der Waals surface area contributed by atoms with Crippen molar-refractivity contribution in [1.29, 1.82) is 0 Å². The molecule has 1 aliphatic heterocycles. The van der Waals surface area contributed by atoms with Crippen molar-refractivity contribution in [2.24, 2.45) is 11.7 Å². The molecule has 0 saturated carbocycles. The van der Waals surface area contributed by atoms with Gasteiger partial charge in [-0.15, -0.1) is 0 Å². The number of primary amides is 1. The molecule has 1 fully saturated rings. The van der Waals surface area contributed by atoms with Crippen LogP contribution in [-0.2, 0) is 9.59 Å². The predicted molar refractivity (Wildman–Crippen MR) is 101 cm³/mol. The standard InChI is InChI=1S/C19H20ClFN4O2/c1-12-16(18(20)25(23-12)15-6-4-14(21)5-7-15)8-9-17(26)24-10-2-3-13(11-24)19(22)27/h4-9,13H,2-3,10-11H2,1H3,(H2,22,27)/b9-8+. The van der Waals surface area contributed by atoms with E-state index in [1.807, 2.05) is 0 Å². The molecule has 142 valence electrons. The number of likely N-dealkylation sites (tertiary alicyclic amines) is 1. The second-order valence-corrected chi connectivity index (χ2v) is 6.90. The van der Waals surface area contributed by atoms with Gasteiger partial charge in [0.05, 0.1) is 17.3 Å². The van der Waals surface area contributed by atoms with Gasteiger partial charge in [0.15, 0.2) is 0 Å². The molecule has 6 nitrogen and oxygen atoms in total. The van der Waals surface area contributed by atoms with Crippen molar-refractivity contribution >= 4 is 29.5 Å². The summed E-state index contributed by atoms with van der Waals surface area (Å²) in [5.41, 5.74) is 7.23. The summed E-state index contributed by atoms with van der Waals surface area (Å²) in [5, 5.41) is 4.69. The van der Waals surface area contributed by atoms with Crippen LogP contribution in [0.15, 0.2) is 30.3 Å². The van der Waals surface area contributed by atoms with Crippen molar-refractivity contribution in [2.45, 2.75) is 19.8 Å². The number of carbonyl (C=O) groups is 2. The van der Waals surface area contributed by atoms with E-state index < -0.39 is 0 Å². The second kappa shape index (κ2) is 7.92. The molecule has 2 aromatic rings. The van der Waals surface area contributed by atoms with Crippen LogP contribution in [0.5, 0.6) is 0 Å². The van der Waals surface area contributed by atoms with E-state index >= 15 is 0 Å². The van der Waals surface area contributed by atoms with Crippen molar-refractivity contribution in [2.75, 3.05) is 13.1 Å². The van der Waals surface area contributed by atoms with Crippen LogP contribution in [-0.4, -0.2) is 39.6 Å². The maximum Gasteiger partial charge on any atom is 0.246 e. The van der Waals surface area contributed by atoms with Crippen LogP contribution in [0.4, 0.5) is 4.39 Å². The lowest BCUT2D eigenvalue weighted by molar-refractivity contribution is -0.130.